The number of pyridine rings is 2. The largest absolute Gasteiger partial charge is 0.388 e. The van der Waals surface area contributed by atoms with Crippen molar-refractivity contribution in [2.24, 2.45) is 7.05 Å². The minimum Gasteiger partial charge on any atom is -0.388 e. The molecule has 1 amide bonds. The van der Waals surface area contributed by atoms with Crippen molar-refractivity contribution >= 4 is 22.6 Å². The summed E-state index contributed by atoms with van der Waals surface area (Å²) in [5, 5.41) is 3.92. The molecule has 9 heteroatoms. The number of carbonyl (C=O) groups is 1. The average Bonchev–Trinajstić information content (AvgIpc) is 3.23. The molecule has 0 unspecified atom stereocenters. The number of carbonyl (C=O) groups excluding carboxylic acids is 1. The predicted molar refractivity (Wildman–Crippen MR) is 148 cm³/mol. The van der Waals surface area contributed by atoms with Gasteiger partial charge < -0.3 is 14.8 Å². The molecule has 0 bridgehead atoms. The van der Waals surface area contributed by atoms with E-state index in [0.29, 0.717) is 11.1 Å². The zero-order chi connectivity index (χ0) is 27.0. The fourth-order valence-electron chi connectivity index (χ4n) is 5.33. The van der Waals surface area contributed by atoms with Crippen LogP contribution >= 0.6 is 0 Å². The molecule has 4 heterocycles. The van der Waals surface area contributed by atoms with Gasteiger partial charge in [0.2, 0.25) is 0 Å². The van der Waals surface area contributed by atoms with Gasteiger partial charge >= 0.3 is 0 Å². The summed E-state index contributed by atoms with van der Waals surface area (Å²) in [5.41, 5.74) is 4.46. The van der Waals surface area contributed by atoms with Gasteiger partial charge in [0.25, 0.3) is 11.5 Å². The Balaban J connectivity index is 1.32. The maximum absolute atomic E-state index is 14.9. The number of nitrogens with one attached hydrogen (secondary N) is 1. The van der Waals surface area contributed by atoms with Gasteiger partial charge in [-0.05, 0) is 67.7 Å². The van der Waals surface area contributed by atoms with E-state index in [9.17, 15) is 14.0 Å². The average molecular weight is 517 g/mol. The van der Waals surface area contributed by atoms with Crippen LogP contribution in [0.2, 0.25) is 0 Å². The number of halogens is 1. The van der Waals surface area contributed by atoms with Crippen LogP contribution in [-0.4, -0.2) is 64.1 Å². The summed E-state index contributed by atoms with van der Waals surface area (Å²) in [7, 11) is 7.12. The highest BCUT2D eigenvalue weighted by atomic mass is 19.1. The lowest BCUT2D eigenvalue weighted by Crippen LogP contribution is -2.33. The Kier molecular flexibility index (Phi) is 7.03. The monoisotopic (exact) mass is 516 g/mol. The lowest BCUT2D eigenvalue weighted by Gasteiger charge is -2.32. The Morgan fingerprint density at radius 2 is 1.89 bits per heavy atom. The van der Waals surface area contributed by atoms with E-state index in [1.54, 1.807) is 56.3 Å². The van der Waals surface area contributed by atoms with E-state index in [2.05, 4.69) is 25.8 Å². The number of aryl methyl sites for hydroxylation is 1. The number of fused-ring (bicyclic) bond motifs is 1. The van der Waals surface area contributed by atoms with Gasteiger partial charge in [0.1, 0.15) is 11.5 Å². The number of nitrogens with zero attached hydrogens (tertiary/aromatic N) is 5. The number of likely N-dealkylation sites (tertiary alicyclic amines) is 1. The molecule has 38 heavy (non-hydrogen) atoms. The Bertz CT molecular complexity index is 1550. The Morgan fingerprint density at radius 1 is 1.13 bits per heavy atom. The Hall–Kier alpha value is -3.98. The lowest BCUT2D eigenvalue weighted by molar-refractivity contribution is 0.0827. The fraction of sp³-hybridized carbons (Fsp3) is 0.345. The van der Waals surface area contributed by atoms with Gasteiger partial charge in [-0.3, -0.25) is 19.1 Å². The van der Waals surface area contributed by atoms with Crippen molar-refractivity contribution in [2.45, 2.75) is 25.3 Å². The third-order valence-electron chi connectivity index (χ3n) is 7.54. The molecule has 1 fully saturated rings. The van der Waals surface area contributed by atoms with E-state index in [-0.39, 0.29) is 23.2 Å². The number of rotatable bonds is 6. The van der Waals surface area contributed by atoms with Gasteiger partial charge in [-0.15, -0.1) is 0 Å². The topological polar surface area (TPSA) is 75.4 Å². The van der Waals surface area contributed by atoms with Crippen molar-refractivity contribution in [3.05, 3.63) is 87.9 Å². The zero-order valence-electron chi connectivity index (χ0n) is 22.2. The highest BCUT2D eigenvalue weighted by molar-refractivity contribution is 5.94. The highest BCUT2D eigenvalue weighted by Gasteiger charge is 2.25. The molecule has 0 aliphatic carbocycles. The first-order chi connectivity index (χ1) is 18.3. The zero-order valence-corrected chi connectivity index (χ0v) is 22.2. The second-order valence-corrected chi connectivity index (χ2v) is 10.1. The molecule has 4 aromatic rings. The van der Waals surface area contributed by atoms with E-state index in [4.69, 9.17) is 0 Å². The highest BCUT2D eigenvalue weighted by Crippen LogP contribution is 2.32. The Labute approximate surface area is 221 Å². The smallest absolute Gasteiger partial charge is 0.257 e. The van der Waals surface area contributed by atoms with Crippen LogP contribution in [0.25, 0.3) is 16.7 Å². The molecule has 0 radical (unpaired) electrons. The van der Waals surface area contributed by atoms with Crippen LogP contribution in [0.15, 0.2) is 59.7 Å². The third kappa shape index (κ3) is 4.81. The minimum atomic E-state index is -0.304. The molecule has 0 atom stereocenters. The van der Waals surface area contributed by atoms with Crippen molar-refractivity contribution in [1.29, 1.82) is 0 Å². The van der Waals surface area contributed by atoms with Crippen molar-refractivity contribution in [1.82, 2.24) is 23.9 Å². The molecular formula is C29H33FN6O2. The molecule has 1 N–H and O–H groups in total. The van der Waals surface area contributed by atoms with E-state index in [1.807, 2.05) is 19.2 Å². The molecule has 8 nitrogen and oxygen atoms in total. The second kappa shape index (κ2) is 10.4. The van der Waals surface area contributed by atoms with Crippen molar-refractivity contribution in [3.63, 3.8) is 0 Å². The van der Waals surface area contributed by atoms with Crippen LogP contribution in [0.3, 0.4) is 0 Å². The quantitative estimate of drug-likeness (QED) is 0.420. The summed E-state index contributed by atoms with van der Waals surface area (Å²) in [6.07, 6.45) is 5.21. The van der Waals surface area contributed by atoms with Gasteiger partial charge in [-0.1, -0.05) is 6.07 Å². The summed E-state index contributed by atoms with van der Waals surface area (Å²) in [6.45, 7) is 2.43. The summed E-state index contributed by atoms with van der Waals surface area (Å²) < 4.78 is 18.6. The molecule has 1 aliphatic heterocycles. The summed E-state index contributed by atoms with van der Waals surface area (Å²) >= 11 is 0. The summed E-state index contributed by atoms with van der Waals surface area (Å²) in [6, 6.07) is 12.3. The van der Waals surface area contributed by atoms with E-state index in [0.717, 1.165) is 60.6 Å². The molecule has 0 spiro atoms. The fourth-order valence-corrected chi connectivity index (χ4v) is 5.33. The molecule has 0 saturated carbocycles. The molecule has 198 valence electrons. The van der Waals surface area contributed by atoms with Crippen LogP contribution in [0.5, 0.6) is 0 Å². The number of piperidine rings is 1. The summed E-state index contributed by atoms with van der Waals surface area (Å²) in [5.74, 6) is -0.373. The van der Waals surface area contributed by atoms with Crippen molar-refractivity contribution in [2.75, 3.05) is 39.5 Å². The van der Waals surface area contributed by atoms with Gasteiger partial charge in [0.15, 0.2) is 0 Å². The number of aromatic nitrogens is 3. The molecule has 1 aromatic carbocycles. The first-order valence-electron chi connectivity index (χ1n) is 12.8. The Morgan fingerprint density at radius 3 is 2.55 bits per heavy atom. The lowest BCUT2D eigenvalue weighted by atomic mass is 9.88. The molecule has 3 aromatic heterocycles. The first kappa shape index (κ1) is 25.7. The maximum atomic E-state index is 14.9. The second-order valence-electron chi connectivity index (χ2n) is 10.1. The van der Waals surface area contributed by atoms with Gasteiger partial charge in [0, 0.05) is 75.5 Å². The van der Waals surface area contributed by atoms with Crippen LogP contribution in [0.4, 0.5) is 10.1 Å². The molecule has 1 saturated heterocycles. The molecule has 5 rings (SSSR count). The van der Waals surface area contributed by atoms with E-state index < -0.39 is 0 Å². The van der Waals surface area contributed by atoms with Gasteiger partial charge in [-0.2, -0.15) is 0 Å². The van der Waals surface area contributed by atoms with Crippen LogP contribution in [0.1, 0.15) is 40.4 Å². The van der Waals surface area contributed by atoms with Gasteiger partial charge in [-0.25, -0.2) is 9.37 Å². The normalized spacial score (nSPS) is 14.7. The van der Waals surface area contributed by atoms with Gasteiger partial charge in [0.05, 0.1) is 5.69 Å². The number of hydrogen-bond acceptors (Lipinski definition) is 5. The number of hydrogen-bond donors (Lipinski definition) is 1. The van der Waals surface area contributed by atoms with Crippen molar-refractivity contribution < 1.29 is 9.18 Å². The minimum absolute atomic E-state index is 0.108. The third-order valence-corrected chi connectivity index (χ3v) is 7.54. The molecular weight excluding hydrogens is 483 g/mol. The summed E-state index contributed by atoms with van der Waals surface area (Å²) in [4.78, 5) is 33.3. The molecule has 1 aliphatic rings. The van der Waals surface area contributed by atoms with E-state index >= 15 is 0 Å². The van der Waals surface area contributed by atoms with Crippen LogP contribution < -0.4 is 10.9 Å². The maximum Gasteiger partial charge on any atom is 0.257 e. The van der Waals surface area contributed by atoms with E-state index in [1.165, 1.54) is 11.0 Å². The van der Waals surface area contributed by atoms with Crippen molar-refractivity contribution in [3.8, 4) is 5.69 Å². The standard InChI is InChI=1S/C29H33FN6O2/c1-31-21-10-14-36(27(37)16-21)26-7-11-32-28-24(26)17-22(34(28)4)18-35-12-8-19(9-13-35)23-6-5-20(15-25(23)30)29(38)33(2)3/h5-7,10-11,14-17,19,31H,8-9,12-13,18H2,1-4H3. The number of benzene rings is 1. The number of anilines is 1. The predicted octanol–water partition coefficient (Wildman–Crippen LogP) is 3.99. The van der Waals surface area contributed by atoms with Crippen LogP contribution in [0, 0.1) is 5.82 Å². The first-order valence-corrected chi connectivity index (χ1v) is 12.8. The number of amides is 1. The SMILES string of the molecule is CNc1ccn(-c2ccnc3c2cc(CN2CCC(c4ccc(C(=O)N(C)C)cc4F)CC2)n3C)c(=O)c1. The van der Waals surface area contributed by atoms with Crippen LogP contribution in [-0.2, 0) is 13.6 Å².